The van der Waals surface area contributed by atoms with E-state index in [2.05, 4.69) is 10.1 Å². The molecule has 0 amide bonds. The van der Waals surface area contributed by atoms with E-state index in [1.54, 1.807) is 27.2 Å². The number of aliphatic carboxylic acids is 1. The van der Waals surface area contributed by atoms with Crippen LogP contribution in [0.25, 0.3) is 16.8 Å². The highest BCUT2D eigenvalue weighted by atomic mass is 16.5. The Balaban J connectivity index is 2.20. The molecule has 0 radical (unpaired) electrons. The molecule has 0 atom stereocenters. The van der Waals surface area contributed by atoms with E-state index in [-0.39, 0.29) is 18.4 Å². The normalized spacial score (nSPS) is 11.0. The van der Waals surface area contributed by atoms with Crippen molar-refractivity contribution < 1.29 is 19.4 Å². The lowest BCUT2D eigenvalue weighted by molar-refractivity contribution is -0.136. The molecule has 8 nitrogen and oxygen atoms in total. The number of carboxylic acid groups (broad SMARTS) is 1. The quantitative estimate of drug-likeness (QED) is 0.689. The van der Waals surface area contributed by atoms with Gasteiger partial charge in [0.2, 0.25) is 0 Å². The minimum absolute atomic E-state index is 0.119. The lowest BCUT2D eigenvalue weighted by Crippen LogP contribution is -2.22. The van der Waals surface area contributed by atoms with Gasteiger partial charge in [-0.15, -0.1) is 0 Å². The molecule has 0 aliphatic carbocycles. The highest BCUT2D eigenvalue weighted by molar-refractivity contribution is 5.81. The maximum Gasteiger partial charge on any atom is 0.303 e. The van der Waals surface area contributed by atoms with Gasteiger partial charge in [0, 0.05) is 28.9 Å². The van der Waals surface area contributed by atoms with E-state index in [4.69, 9.17) is 14.6 Å². The van der Waals surface area contributed by atoms with Crippen molar-refractivity contribution >= 4 is 11.6 Å². The van der Waals surface area contributed by atoms with Crippen molar-refractivity contribution in [3.8, 4) is 22.6 Å². The molecule has 8 heteroatoms. The number of aromatic amines is 1. The van der Waals surface area contributed by atoms with Crippen molar-refractivity contribution in [1.82, 2.24) is 14.6 Å². The average molecular weight is 371 g/mol. The van der Waals surface area contributed by atoms with Crippen molar-refractivity contribution in [2.45, 2.75) is 26.7 Å². The number of hydrogen-bond acceptors (Lipinski definition) is 5. The van der Waals surface area contributed by atoms with Gasteiger partial charge in [0.15, 0.2) is 17.1 Å². The lowest BCUT2D eigenvalue weighted by Gasteiger charge is -2.10. The zero-order chi connectivity index (χ0) is 19.7. The third-order valence-electron chi connectivity index (χ3n) is 4.52. The standard InChI is InChI=1S/C19H21N3O5/c1-10-13(6-8-16(23)24)19(25)22-18(20-10)17(11(2)21-22)12-5-7-14(26-3)15(9-12)27-4/h5,7,9,21H,6,8H2,1-4H3,(H,23,24). The van der Waals surface area contributed by atoms with E-state index >= 15 is 0 Å². The molecule has 0 aliphatic rings. The van der Waals surface area contributed by atoms with Crippen molar-refractivity contribution in [2.75, 3.05) is 14.2 Å². The largest absolute Gasteiger partial charge is 0.493 e. The number of carbonyl (C=O) groups is 1. The fourth-order valence-electron chi connectivity index (χ4n) is 3.18. The number of nitrogens with zero attached hydrogens (tertiary/aromatic N) is 2. The summed E-state index contributed by atoms with van der Waals surface area (Å²) < 4.78 is 12.0. The zero-order valence-electron chi connectivity index (χ0n) is 15.6. The van der Waals surface area contributed by atoms with Crippen molar-refractivity contribution in [3.05, 3.63) is 45.5 Å². The van der Waals surface area contributed by atoms with Crippen molar-refractivity contribution in [1.29, 1.82) is 0 Å². The maximum absolute atomic E-state index is 12.8. The van der Waals surface area contributed by atoms with Crippen LogP contribution < -0.4 is 15.0 Å². The third kappa shape index (κ3) is 3.25. The van der Waals surface area contributed by atoms with Crippen molar-refractivity contribution in [2.24, 2.45) is 0 Å². The first kappa shape index (κ1) is 18.5. The highest BCUT2D eigenvalue weighted by Crippen LogP contribution is 2.34. The van der Waals surface area contributed by atoms with Crippen LogP contribution in [0.2, 0.25) is 0 Å². The first-order chi connectivity index (χ1) is 12.9. The van der Waals surface area contributed by atoms with E-state index in [0.717, 1.165) is 16.8 Å². The summed E-state index contributed by atoms with van der Waals surface area (Å²) in [4.78, 5) is 28.3. The molecule has 2 N–H and O–H groups in total. The van der Waals surface area contributed by atoms with Gasteiger partial charge in [0.05, 0.1) is 14.2 Å². The first-order valence-corrected chi connectivity index (χ1v) is 8.42. The molecule has 0 bridgehead atoms. The van der Waals surface area contributed by atoms with Crippen LogP contribution in [-0.2, 0) is 11.2 Å². The fraction of sp³-hybridized carbons (Fsp3) is 0.316. The summed E-state index contributed by atoms with van der Waals surface area (Å²) in [7, 11) is 3.13. The zero-order valence-corrected chi connectivity index (χ0v) is 15.6. The van der Waals surface area contributed by atoms with Crippen LogP contribution in [0.1, 0.15) is 23.4 Å². The number of hydrogen-bond donors (Lipinski definition) is 2. The van der Waals surface area contributed by atoms with Crippen molar-refractivity contribution in [3.63, 3.8) is 0 Å². The van der Waals surface area contributed by atoms with Gasteiger partial charge in [-0.2, -0.15) is 0 Å². The number of methoxy groups -OCH3 is 2. The molecular formula is C19H21N3O5. The monoisotopic (exact) mass is 371 g/mol. The molecule has 142 valence electrons. The molecule has 1 aromatic carbocycles. The van der Waals surface area contributed by atoms with Gasteiger partial charge in [-0.1, -0.05) is 6.07 Å². The summed E-state index contributed by atoms with van der Waals surface area (Å²) in [6, 6.07) is 5.50. The second-order valence-electron chi connectivity index (χ2n) is 6.22. The second kappa shape index (κ2) is 7.14. The van der Waals surface area contributed by atoms with Crippen LogP contribution in [0.5, 0.6) is 11.5 Å². The number of aromatic nitrogens is 3. The van der Waals surface area contributed by atoms with Gasteiger partial charge in [0.1, 0.15) is 0 Å². The molecule has 0 fully saturated rings. The molecule has 0 unspecified atom stereocenters. The Kier molecular flexibility index (Phi) is 4.89. The molecular weight excluding hydrogens is 350 g/mol. The van der Waals surface area contributed by atoms with Crippen LogP contribution in [0, 0.1) is 13.8 Å². The predicted octanol–water partition coefficient (Wildman–Crippen LogP) is 2.34. The summed E-state index contributed by atoms with van der Waals surface area (Å²) in [5.74, 6) is 0.231. The van der Waals surface area contributed by atoms with E-state index in [9.17, 15) is 9.59 Å². The minimum atomic E-state index is -0.951. The number of fused-ring (bicyclic) bond motifs is 1. The van der Waals surface area contributed by atoms with E-state index in [1.165, 1.54) is 4.52 Å². The number of ether oxygens (including phenoxy) is 2. The van der Waals surface area contributed by atoms with Crippen LogP contribution in [0.15, 0.2) is 23.0 Å². The topological polar surface area (TPSA) is 106 Å². The Bertz CT molecular complexity index is 1080. The van der Waals surface area contributed by atoms with Gasteiger partial charge >= 0.3 is 5.97 Å². The maximum atomic E-state index is 12.8. The Morgan fingerprint density at radius 3 is 2.56 bits per heavy atom. The number of carboxylic acids is 1. The SMILES string of the molecule is COc1ccc(-c2c(C)[nH]n3c(=O)c(CCC(=O)O)c(C)nc23)cc1OC. The van der Waals surface area contributed by atoms with E-state index in [0.29, 0.717) is 28.4 Å². The number of aryl methyl sites for hydroxylation is 2. The van der Waals surface area contributed by atoms with Crippen LogP contribution in [0.3, 0.4) is 0 Å². The molecule has 27 heavy (non-hydrogen) atoms. The number of nitrogens with one attached hydrogen (secondary N) is 1. The van der Waals surface area contributed by atoms with Gasteiger partial charge in [-0.3, -0.25) is 14.7 Å². The summed E-state index contributed by atoms with van der Waals surface area (Å²) >= 11 is 0. The molecule has 0 saturated carbocycles. The molecule has 0 spiro atoms. The number of benzene rings is 1. The Morgan fingerprint density at radius 2 is 1.93 bits per heavy atom. The van der Waals surface area contributed by atoms with Crippen LogP contribution in [0.4, 0.5) is 0 Å². The molecule has 0 aliphatic heterocycles. The summed E-state index contributed by atoms with van der Waals surface area (Å²) in [6.07, 6.45) is 0.0196. The number of rotatable bonds is 6. The minimum Gasteiger partial charge on any atom is -0.493 e. The fourth-order valence-corrected chi connectivity index (χ4v) is 3.18. The summed E-state index contributed by atoms with van der Waals surface area (Å²) in [6.45, 7) is 3.58. The van der Waals surface area contributed by atoms with Gasteiger partial charge in [-0.05, 0) is 38.0 Å². The molecule has 2 aromatic heterocycles. The average Bonchev–Trinajstić information content (AvgIpc) is 2.96. The highest BCUT2D eigenvalue weighted by Gasteiger charge is 2.19. The van der Waals surface area contributed by atoms with E-state index in [1.807, 2.05) is 19.1 Å². The third-order valence-corrected chi connectivity index (χ3v) is 4.52. The molecule has 2 heterocycles. The summed E-state index contributed by atoms with van der Waals surface area (Å²) in [5.41, 5.74) is 3.50. The predicted molar refractivity (Wildman–Crippen MR) is 99.8 cm³/mol. The Hall–Kier alpha value is -3.29. The van der Waals surface area contributed by atoms with Crippen LogP contribution in [-0.4, -0.2) is 39.9 Å². The second-order valence-corrected chi connectivity index (χ2v) is 6.22. The smallest absolute Gasteiger partial charge is 0.303 e. The van der Waals surface area contributed by atoms with E-state index < -0.39 is 5.97 Å². The Morgan fingerprint density at radius 1 is 1.22 bits per heavy atom. The molecule has 3 rings (SSSR count). The molecule has 0 saturated heterocycles. The Labute approximate surface area is 155 Å². The van der Waals surface area contributed by atoms with Gasteiger partial charge in [0.25, 0.3) is 5.56 Å². The lowest BCUT2D eigenvalue weighted by atomic mass is 10.0. The number of H-pyrrole nitrogens is 1. The van der Waals surface area contributed by atoms with Gasteiger partial charge < -0.3 is 14.6 Å². The van der Waals surface area contributed by atoms with Gasteiger partial charge in [-0.25, -0.2) is 9.50 Å². The molecule has 3 aromatic rings. The summed E-state index contributed by atoms with van der Waals surface area (Å²) in [5, 5.41) is 11.9. The first-order valence-electron chi connectivity index (χ1n) is 8.42. The van der Waals surface area contributed by atoms with Crippen LogP contribution >= 0.6 is 0 Å².